The minimum absolute atomic E-state index is 0.143. The summed E-state index contributed by atoms with van der Waals surface area (Å²) in [6.07, 6.45) is 3.59. The number of halogens is 1. The molecule has 2 aromatic carbocycles. The average molecular weight is 435 g/mol. The number of hydrogen-bond acceptors (Lipinski definition) is 3. The third-order valence-electron chi connectivity index (χ3n) is 5.42. The summed E-state index contributed by atoms with van der Waals surface area (Å²) < 4.78 is 3.12. The Morgan fingerprint density at radius 1 is 1.06 bits per heavy atom. The van der Waals surface area contributed by atoms with Crippen molar-refractivity contribution in [2.75, 3.05) is 0 Å². The van der Waals surface area contributed by atoms with Crippen molar-refractivity contribution in [3.05, 3.63) is 93.0 Å². The molecule has 0 aliphatic heterocycles. The lowest BCUT2D eigenvalue weighted by molar-refractivity contribution is -0.121. The first kappa shape index (κ1) is 20.9. The van der Waals surface area contributed by atoms with Crippen molar-refractivity contribution in [3.8, 4) is 11.3 Å². The van der Waals surface area contributed by atoms with E-state index in [0.717, 1.165) is 16.8 Å². The number of amides is 1. The van der Waals surface area contributed by atoms with E-state index in [-0.39, 0.29) is 24.4 Å². The van der Waals surface area contributed by atoms with Crippen LogP contribution in [0.1, 0.15) is 23.1 Å². The van der Waals surface area contributed by atoms with Crippen LogP contribution in [0.2, 0.25) is 5.02 Å². The lowest BCUT2D eigenvalue weighted by Crippen LogP contribution is -2.27. The SMILES string of the molecule is Cc1ccc(-c2cc3c(=O)n(CCC(=O)NCc4ccccc4Cl)ccn3n2)cc1C. The molecule has 0 radical (unpaired) electrons. The fourth-order valence-electron chi connectivity index (χ4n) is 3.39. The van der Waals surface area contributed by atoms with Crippen LogP contribution in [0, 0.1) is 13.8 Å². The minimum Gasteiger partial charge on any atom is -0.352 e. The second kappa shape index (κ2) is 8.78. The van der Waals surface area contributed by atoms with E-state index in [1.807, 2.05) is 30.3 Å². The van der Waals surface area contributed by atoms with Crippen molar-refractivity contribution in [1.82, 2.24) is 19.5 Å². The maximum Gasteiger partial charge on any atom is 0.276 e. The van der Waals surface area contributed by atoms with Crippen LogP contribution in [0.5, 0.6) is 0 Å². The van der Waals surface area contributed by atoms with Crippen molar-refractivity contribution in [2.24, 2.45) is 0 Å². The molecule has 0 unspecified atom stereocenters. The summed E-state index contributed by atoms with van der Waals surface area (Å²) in [5.41, 5.74) is 5.26. The van der Waals surface area contributed by atoms with Crippen LogP contribution in [-0.2, 0) is 17.9 Å². The molecule has 1 amide bonds. The Labute approximate surface area is 185 Å². The molecule has 6 nitrogen and oxygen atoms in total. The van der Waals surface area contributed by atoms with Crippen LogP contribution >= 0.6 is 11.6 Å². The van der Waals surface area contributed by atoms with Crippen LogP contribution in [0.15, 0.2) is 65.7 Å². The molecule has 0 aliphatic carbocycles. The highest BCUT2D eigenvalue weighted by molar-refractivity contribution is 6.31. The maximum atomic E-state index is 12.9. The maximum absolute atomic E-state index is 12.9. The van der Waals surface area contributed by atoms with Crippen molar-refractivity contribution in [2.45, 2.75) is 33.4 Å². The Balaban J connectivity index is 1.46. The van der Waals surface area contributed by atoms with Gasteiger partial charge in [0.1, 0.15) is 5.52 Å². The predicted molar refractivity (Wildman–Crippen MR) is 122 cm³/mol. The van der Waals surface area contributed by atoms with E-state index in [1.54, 1.807) is 29.0 Å². The van der Waals surface area contributed by atoms with Gasteiger partial charge in [-0.25, -0.2) is 4.52 Å². The molecule has 31 heavy (non-hydrogen) atoms. The normalized spacial score (nSPS) is 11.1. The molecule has 0 bridgehead atoms. The molecule has 2 aromatic heterocycles. The van der Waals surface area contributed by atoms with E-state index >= 15 is 0 Å². The molecule has 0 saturated heterocycles. The zero-order valence-electron chi connectivity index (χ0n) is 17.4. The van der Waals surface area contributed by atoms with Crippen molar-refractivity contribution in [3.63, 3.8) is 0 Å². The molecule has 0 aliphatic rings. The van der Waals surface area contributed by atoms with Crippen molar-refractivity contribution >= 4 is 23.0 Å². The molecular weight excluding hydrogens is 412 g/mol. The first-order valence-electron chi connectivity index (χ1n) is 10.1. The monoisotopic (exact) mass is 434 g/mol. The number of nitrogens with zero attached hydrogens (tertiary/aromatic N) is 3. The van der Waals surface area contributed by atoms with Crippen LogP contribution in [0.3, 0.4) is 0 Å². The van der Waals surface area contributed by atoms with Gasteiger partial charge in [0.2, 0.25) is 5.91 Å². The summed E-state index contributed by atoms with van der Waals surface area (Å²) in [5, 5.41) is 8.00. The third kappa shape index (κ3) is 4.54. The van der Waals surface area contributed by atoms with E-state index < -0.39 is 0 Å². The molecule has 1 N–H and O–H groups in total. The lowest BCUT2D eigenvalue weighted by Gasteiger charge is -2.08. The van der Waals surface area contributed by atoms with Crippen LogP contribution < -0.4 is 10.9 Å². The highest BCUT2D eigenvalue weighted by Crippen LogP contribution is 2.21. The van der Waals surface area contributed by atoms with Gasteiger partial charge in [0, 0.05) is 42.5 Å². The lowest BCUT2D eigenvalue weighted by atomic mass is 10.0. The number of nitrogens with one attached hydrogen (secondary N) is 1. The van der Waals surface area contributed by atoms with Crippen LogP contribution in [0.25, 0.3) is 16.8 Å². The van der Waals surface area contributed by atoms with Gasteiger partial charge in [-0.3, -0.25) is 9.59 Å². The van der Waals surface area contributed by atoms with Gasteiger partial charge in [0.15, 0.2) is 0 Å². The fourth-order valence-corrected chi connectivity index (χ4v) is 3.59. The Morgan fingerprint density at radius 2 is 1.87 bits per heavy atom. The highest BCUT2D eigenvalue weighted by Gasteiger charge is 2.11. The summed E-state index contributed by atoms with van der Waals surface area (Å²) in [6.45, 7) is 4.76. The number of aryl methyl sites for hydroxylation is 3. The minimum atomic E-state index is -0.177. The summed E-state index contributed by atoms with van der Waals surface area (Å²) >= 11 is 6.11. The van der Waals surface area contributed by atoms with Crippen molar-refractivity contribution in [1.29, 1.82) is 0 Å². The molecule has 0 saturated carbocycles. The smallest absolute Gasteiger partial charge is 0.276 e. The van der Waals surface area contributed by atoms with E-state index in [0.29, 0.717) is 17.1 Å². The fraction of sp³-hybridized carbons (Fsp3) is 0.208. The topological polar surface area (TPSA) is 68.4 Å². The molecule has 4 rings (SSSR count). The molecule has 4 aromatic rings. The average Bonchev–Trinajstić information content (AvgIpc) is 3.20. The summed E-state index contributed by atoms with van der Waals surface area (Å²) in [5.74, 6) is -0.143. The standard InChI is InChI=1S/C24H23ClN4O2/c1-16-7-8-18(13-17(16)2)21-14-22-24(31)28(11-12-29(22)27-21)10-9-23(30)26-15-19-5-3-4-6-20(19)25/h3-8,11-14H,9-10,15H2,1-2H3,(H,26,30). The Hall–Kier alpha value is -3.38. The Kier molecular flexibility index (Phi) is 5.91. The van der Waals surface area contributed by atoms with Crippen LogP contribution in [-0.4, -0.2) is 20.1 Å². The van der Waals surface area contributed by atoms with Gasteiger partial charge in [-0.15, -0.1) is 0 Å². The number of hydrogen-bond donors (Lipinski definition) is 1. The largest absolute Gasteiger partial charge is 0.352 e. The molecular formula is C24H23ClN4O2. The zero-order valence-corrected chi connectivity index (χ0v) is 18.2. The quantitative estimate of drug-likeness (QED) is 0.496. The predicted octanol–water partition coefficient (Wildman–Crippen LogP) is 4.14. The molecule has 0 spiro atoms. The van der Waals surface area contributed by atoms with Gasteiger partial charge in [-0.2, -0.15) is 5.10 Å². The van der Waals surface area contributed by atoms with Crippen molar-refractivity contribution < 1.29 is 4.79 Å². The highest BCUT2D eigenvalue weighted by atomic mass is 35.5. The number of carbonyl (C=O) groups excluding carboxylic acids is 1. The number of aromatic nitrogens is 3. The number of rotatable bonds is 6. The summed E-state index contributed by atoms with van der Waals surface area (Å²) in [7, 11) is 0. The van der Waals surface area contributed by atoms with Crippen LogP contribution in [0.4, 0.5) is 0 Å². The molecule has 0 fully saturated rings. The number of carbonyl (C=O) groups is 1. The number of benzene rings is 2. The second-order valence-corrected chi connectivity index (χ2v) is 7.98. The van der Waals surface area contributed by atoms with E-state index in [1.165, 1.54) is 15.7 Å². The number of fused-ring (bicyclic) bond motifs is 1. The Bertz CT molecular complexity index is 1320. The molecule has 0 atom stereocenters. The first-order chi connectivity index (χ1) is 14.9. The van der Waals surface area contributed by atoms with Gasteiger partial charge in [0.05, 0.1) is 5.69 Å². The van der Waals surface area contributed by atoms with E-state index in [4.69, 9.17) is 11.6 Å². The van der Waals surface area contributed by atoms with Gasteiger partial charge in [-0.1, -0.05) is 41.9 Å². The molecule has 7 heteroatoms. The summed E-state index contributed by atoms with van der Waals surface area (Å²) in [4.78, 5) is 25.1. The third-order valence-corrected chi connectivity index (χ3v) is 5.79. The van der Waals surface area contributed by atoms with Gasteiger partial charge < -0.3 is 9.88 Å². The van der Waals surface area contributed by atoms with E-state index in [2.05, 4.69) is 30.3 Å². The first-order valence-corrected chi connectivity index (χ1v) is 10.5. The summed E-state index contributed by atoms with van der Waals surface area (Å²) in [6, 6.07) is 15.3. The molecule has 158 valence electrons. The Morgan fingerprint density at radius 3 is 2.65 bits per heavy atom. The molecule has 2 heterocycles. The van der Waals surface area contributed by atoms with Gasteiger partial charge >= 0.3 is 0 Å². The van der Waals surface area contributed by atoms with Gasteiger partial charge in [-0.05, 0) is 48.7 Å². The second-order valence-electron chi connectivity index (χ2n) is 7.57. The van der Waals surface area contributed by atoms with E-state index in [9.17, 15) is 9.59 Å². The zero-order chi connectivity index (χ0) is 22.0. The van der Waals surface area contributed by atoms with Gasteiger partial charge in [0.25, 0.3) is 5.56 Å².